The van der Waals surface area contributed by atoms with Gasteiger partial charge in [-0.1, -0.05) is 11.6 Å². The van der Waals surface area contributed by atoms with E-state index >= 15 is 0 Å². The predicted molar refractivity (Wildman–Crippen MR) is 94.9 cm³/mol. The molecule has 4 nitrogen and oxygen atoms in total. The molecule has 7 heteroatoms. The summed E-state index contributed by atoms with van der Waals surface area (Å²) in [7, 11) is -3.51. The molecule has 2 aliphatic rings. The Morgan fingerprint density at radius 2 is 2.04 bits per heavy atom. The van der Waals surface area contributed by atoms with Gasteiger partial charge in [0.2, 0.25) is 10.0 Å². The highest BCUT2D eigenvalue weighted by molar-refractivity contribution is 7.89. The molecule has 1 N–H and O–H groups in total. The average Bonchev–Trinajstić information content (AvgIpc) is 2.94. The van der Waals surface area contributed by atoms with Crippen molar-refractivity contribution < 1.29 is 8.42 Å². The molecule has 2 unspecified atom stereocenters. The van der Waals surface area contributed by atoms with Crippen molar-refractivity contribution in [3.05, 3.63) is 28.1 Å². The zero-order valence-corrected chi connectivity index (χ0v) is 15.3. The van der Waals surface area contributed by atoms with Gasteiger partial charge in [0, 0.05) is 38.6 Å². The number of thiophene rings is 1. The van der Waals surface area contributed by atoms with Crippen LogP contribution < -0.4 is 5.32 Å². The van der Waals surface area contributed by atoms with E-state index in [-0.39, 0.29) is 12.1 Å². The van der Waals surface area contributed by atoms with Crippen LogP contribution in [-0.2, 0) is 10.0 Å². The van der Waals surface area contributed by atoms with E-state index in [0.717, 1.165) is 47.3 Å². The number of aryl methyl sites for hydroxylation is 1. The summed E-state index contributed by atoms with van der Waals surface area (Å²) in [5.74, 6) is 0. The lowest BCUT2D eigenvalue weighted by Gasteiger charge is -2.27. The van der Waals surface area contributed by atoms with Gasteiger partial charge >= 0.3 is 0 Å². The van der Waals surface area contributed by atoms with Crippen molar-refractivity contribution in [2.75, 3.05) is 13.1 Å². The number of rotatable bonds is 2. The molecule has 2 atom stereocenters. The molecule has 2 aliphatic heterocycles. The summed E-state index contributed by atoms with van der Waals surface area (Å²) in [6.45, 7) is 3.53. The van der Waals surface area contributed by atoms with Gasteiger partial charge < -0.3 is 5.32 Å². The Kier molecular flexibility index (Phi) is 3.93. The molecule has 2 bridgehead atoms. The highest BCUT2D eigenvalue weighted by atomic mass is 35.5. The normalized spacial score (nSPS) is 25.8. The van der Waals surface area contributed by atoms with Crippen LogP contribution in [0.1, 0.15) is 24.1 Å². The summed E-state index contributed by atoms with van der Waals surface area (Å²) < 4.78 is 29.7. The Labute approximate surface area is 145 Å². The van der Waals surface area contributed by atoms with E-state index in [1.54, 1.807) is 10.4 Å². The molecule has 0 aliphatic carbocycles. The number of sulfonamides is 1. The van der Waals surface area contributed by atoms with Crippen molar-refractivity contribution in [1.29, 1.82) is 0 Å². The molecule has 124 valence electrons. The van der Waals surface area contributed by atoms with Gasteiger partial charge in [-0.2, -0.15) is 4.31 Å². The first-order valence-electron chi connectivity index (χ1n) is 7.91. The van der Waals surface area contributed by atoms with Crippen LogP contribution in [0.2, 0.25) is 5.02 Å². The van der Waals surface area contributed by atoms with Crippen molar-refractivity contribution in [1.82, 2.24) is 9.62 Å². The second-order valence-corrected chi connectivity index (χ2v) is 9.81. The van der Waals surface area contributed by atoms with Crippen LogP contribution in [0.15, 0.2) is 23.1 Å². The lowest BCUT2D eigenvalue weighted by Crippen LogP contribution is -2.42. The summed E-state index contributed by atoms with van der Waals surface area (Å²) >= 11 is 7.64. The second-order valence-electron chi connectivity index (χ2n) is 6.34. The van der Waals surface area contributed by atoms with Gasteiger partial charge in [0.15, 0.2) is 0 Å². The minimum atomic E-state index is -3.51. The standard InChI is InChI=1S/C16H19ClN2O2S2/c1-10-16(14-8-11(17)2-5-15(14)22-10)23(20,21)19-12-3-4-13(19)9-18-7-6-12/h2,5,8,12-13,18H,3-4,6-7,9H2,1H3. The highest BCUT2D eigenvalue weighted by Gasteiger charge is 2.44. The number of nitrogens with one attached hydrogen (secondary N) is 1. The molecule has 2 aromatic rings. The highest BCUT2D eigenvalue weighted by Crippen LogP contribution is 2.41. The maximum Gasteiger partial charge on any atom is 0.245 e. The second kappa shape index (κ2) is 5.70. The number of benzene rings is 1. The van der Waals surface area contributed by atoms with Crippen LogP contribution in [0, 0.1) is 6.92 Å². The molecule has 1 aromatic carbocycles. The minimum absolute atomic E-state index is 0.0704. The number of nitrogens with zero attached hydrogens (tertiary/aromatic N) is 1. The summed E-state index contributed by atoms with van der Waals surface area (Å²) in [5, 5.41) is 4.70. The Morgan fingerprint density at radius 3 is 2.87 bits per heavy atom. The maximum atomic E-state index is 13.5. The molecule has 4 rings (SSSR count). The van der Waals surface area contributed by atoms with E-state index in [9.17, 15) is 8.42 Å². The predicted octanol–water partition coefficient (Wildman–Crippen LogP) is 3.38. The Hall–Kier alpha value is -0.660. The third-order valence-electron chi connectivity index (χ3n) is 4.89. The first-order valence-corrected chi connectivity index (χ1v) is 10.5. The molecule has 2 saturated heterocycles. The molecule has 0 spiro atoms. The average molecular weight is 371 g/mol. The van der Waals surface area contributed by atoms with Gasteiger partial charge in [-0.3, -0.25) is 0 Å². The summed E-state index contributed by atoms with van der Waals surface area (Å²) in [4.78, 5) is 1.30. The summed E-state index contributed by atoms with van der Waals surface area (Å²) in [5.41, 5.74) is 0. The van der Waals surface area contributed by atoms with E-state index in [0.29, 0.717) is 9.92 Å². The van der Waals surface area contributed by atoms with Crippen molar-refractivity contribution in [3.63, 3.8) is 0 Å². The first-order chi connectivity index (χ1) is 11.0. The topological polar surface area (TPSA) is 49.4 Å². The van der Waals surface area contributed by atoms with Crippen LogP contribution in [0.4, 0.5) is 0 Å². The molecule has 0 amide bonds. The van der Waals surface area contributed by atoms with Crippen molar-refractivity contribution in [2.45, 2.75) is 43.2 Å². The number of halogens is 1. The third kappa shape index (κ3) is 2.51. The quantitative estimate of drug-likeness (QED) is 0.881. The van der Waals surface area contributed by atoms with E-state index in [1.165, 1.54) is 11.3 Å². The zero-order chi connectivity index (χ0) is 16.2. The van der Waals surface area contributed by atoms with Crippen LogP contribution in [0.25, 0.3) is 10.1 Å². The molecule has 0 saturated carbocycles. The van der Waals surface area contributed by atoms with Gasteiger partial charge in [-0.25, -0.2) is 8.42 Å². The van der Waals surface area contributed by atoms with Gasteiger partial charge in [0.25, 0.3) is 0 Å². The van der Waals surface area contributed by atoms with Crippen LogP contribution in [0.3, 0.4) is 0 Å². The van der Waals surface area contributed by atoms with Gasteiger partial charge in [-0.15, -0.1) is 11.3 Å². The van der Waals surface area contributed by atoms with Crippen LogP contribution in [0.5, 0.6) is 0 Å². The maximum absolute atomic E-state index is 13.5. The van der Waals surface area contributed by atoms with E-state index in [2.05, 4.69) is 5.32 Å². The van der Waals surface area contributed by atoms with Gasteiger partial charge in [-0.05, 0) is 50.9 Å². The molecule has 0 radical (unpaired) electrons. The fraction of sp³-hybridized carbons (Fsp3) is 0.500. The molecule has 2 fully saturated rings. The van der Waals surface area contributed by atoms with E-state index < -0.39 is 10.0 Å². The molecule has 23 heavy (non-hydrogen) atoms. The third-order valence-corrected chi connectivity index (χ3v) is 8.54. The summed E-state index contributed by atoms with van der Waals surface area (Å²) in [6, 6.07) is 5.70. The largest absolute Gasteiger partial charge is 0.315 e. The smallest absolute Gasteiger partial charge is 0.245 e. The number of hydrogen-bond acceptors (Lipinski definition) is 4. The Balaban J connectivity index is 1.89. The molecular weight excluding hydrogens is 352 g/mol. The minimum Gasteiger partial charge on any atom is -0.315 e. The Morgan fingerprint density at radius 1 is 1.26 bits per heavy atom. The Bertz CT molecular complexity index is 848. The zero-order valence-electron chi connectivity index (χ0n) is 12.9. The van der Waals surface area contributed by atoms with E-state index in [4.69, 9.17) is 11.6 Å². The monoisotopic (exact) mass is 370 g/mol. The lowest BCUT2D eigenvalue weighted by atomic mass is 10.1. The number of hydrogen-bond donors (Lipinski definition) is 1. The van der Waals surface area contributed by atoms with Gasteiger partial charge in [0.05, 0.1) is 0 Å². The lowest BCUT2D eigenvalue weighted by molar-refractivity contribution is 0.335. The number of fused-ring (bicyclic) bond motifs is 3. The van der Waals surface area contributed by atoms with Crippen molar-refractivity contribution in [3.8, 4) is 0 Å². The van der Waals surface area contributed by atoms with Crippen molar-refractivity contribution in [2.24, 2.45) is 0 Å². The van der Waals surface area contributed by atoms with Crippen molar-refractivity contribution >= 4 is 43.0 Å². The van der Waals surface area contributed by atoms with E-state index in [1.807, 2.05) is 19.1 Å². The van der Waals surface area contributed by atoms with Crippen LogP contribution >= 0.6 is 22.9 Å². The molecule has 3 heterocycles. The fourth-order valence-electron chi connectivity index (χ4n) is 3.93. The molecule has 1 aromatic heterocycles. The molecular formula is C16H19ClN2O2S2. The summed E-state index contributed by atoms with van der Waals surface area (Å²) in [6.07, 6.45) is 2.80. The van der Waals surface area contributed by atoms with Gasteiger partial charge in [0.1, 0.15) is 4.90 Å². The van der Waals surface area contributed by atoms with Crippen LogP contribution in [-0.4, -0.2) is 37.9 Å². The first kappa shape index (κ1) is 15.8. The fourth-order valence-corrected chi connectivity index (χ4v) is 7.74. The SMILES string of the molecule is Cc1sc2ccc(Cl)cc2c1S(=O)(=O)N1C2CCNCC1CC2.